The van der Waals surface area contributed by atoms with E-state index in [1.54, 1.807) is 4.90 Å². The first-order valence-electron chi connectivity index (χ1n) is 9.05. The molecule has 0 spiro atoms. The third kappa shape index (κ3) is 3.87. The molecule has 0 radical (unpaired) electrons. The molecule has 3 rings (SSSR count). The van der Waals surface area contributed by atoms with E-state index in [4.69, 9.17) is 4.74 Å². The van der Waals surface area contributed by atoms with Crippen molar-refractivity contribution in [3.05, 3.63) is 29.8 Å². The number of esters is 1. The zero-order chi connectivity index (χ0) is 18.6. The Hall–Kier alpha value is -2.02. The van der Waals surface area contributed by atoms with Crippen molar-refractivity contribution in [3.63, 3.8) is 0 Å². The Kier molecular flexibility index (Phi) is 5.86. The van der Waals surface area contributed by atoms with E-state index in [0.29, 0.717) is 25.1 Å². The Morgan fingerprint density at radius 3 is 2.81 bits per heavy atom. The van der Waals surface area contributed by atoms with E-state index >= 15 is 0 Å². The number of carbonyl (C=O) groups excluding carboxylic acids is 3. The predicted molar refractivity (Wildman–Crippen MR) is 101 cm³/mol. The van der Waals surface area contributed by atoms with Crippen LogP contribution in [0.2, 0.25) is 0 Å². The molecule has 0 aliphatic carbocycles. The molecular formula is C19H24N2O4S. The summed E-state index contributed by atoms with van der Waals surface area (Å²) in [6.07, 6.45) is 4.12. The third-order valence-corrected chi connectivity index (χ3v) is 6.24. The molecule has 1 aromatic rings. The summed E-state index contributed by atoms with van der Waals surface area (Å²) >= 11 is 1.43. The van der Waals surface area contributed by atoms with Crippen molar-refractivity contribution in [2.24, 2.45) is 0 Å². The number of amides is 2. The van der Waals surface area contributed by atoms with Crippen LogP contribution in [0.25, 0.3) is 0 Å². The maximum absolute atomic E-state index is 12.5. The highest BCUT2D eigenvalue weighted by molar-refractivity contribution is 8.01. The molecule has 2 fully saturated rings. The summed E-state index contributed by atoms with van der Waals surface area (Å²) in [6, 6.07) is 7.70. The zero-order valence-corrected chi connectivity index (χ0v) is 15.8. The largest absolute Gasteiger partial charge is 0.453 e. The van der Waals surface area contributed by atoms with Gasteiger partial charge in [0.25, 0.3) is 5.91 Å². The normalized spacial score (nSPS) is 21.6. The Bertz CT molecular complexity index is 691. The van der Waals surface area contributed by atoms with E-state index in [0.717, 1.165) is 25.0 Å². The van der Waals surface area contributed by atoms with Gasteiger partial charge >= 0.3 is 5.97 Å². The van der Waals surface area contributed by atoms with Crippen LogP contribution in [0.3, 0.4) is 0 Å². The monoisotopic (exact) mass is 376 g/mol. The summed E-state index contributed by atoms with van der Waals surface area (Å²) in [5.74, 6) is -0.164. The highest BCUT2D eigenvalue weighted by atomic mass is 32.2. The Morgan fingerprint density at radius 1 is 1.31 bits per heavy atom. The molecule has 26 heavy (non-hydrogen) atoms. The molecule has 0 aromatic heterocycles. The smallest absolute Gasteiger partial charge is 0.343 e. The van der Waals surface area contributed by atoms with Gasteiger partial charge in [0.1, 0.15) is 0 Å². The first-order chi connectivity index (χ1) is 12.5. The lowest BCUT2D eigenvalue weighted by molar-refractivity contribution is -0.155. The van der Waals surface area contributed by atoms with Gasteiger partial charge < -0.3 is 15.0 Å². The van der Waals surface area contributed by atoms with Gasteiger partial charge in [-0.15, -0.1) is 11.8 Å². The molecule has 0 bridgehead atoms. The number of benzene rings is 1. The molecule has 2 heterocycles. The number of nitrogens with one attached hydrogen (secondary N) is 1. The van der Waals surface area contributed by atoms with Gasteiger partial charge in [-0.2, -0.15) is 0 Å². The van der Waals surface area contributed by atoms with E-state index in [1.807, 2.05) is 24.3 Å². The van der Waals surface area contributed by atoms with Crippen molar-refractivity contribution in [1.29, 1.82) is 0 Å². The fourth-order valence-electron chi connectivity index (χ4n) is 3.36. The molecular weight excluding hydrogens is 352 g/mol. The van der Waals surface area contributed by atoms with Crippen molar-refractivity contribution in [2.75, 3.05) is 24.2 Å². The van der Waals surface area contributed by atoms with Gasteiger partial charge in [0.05, 0.1) is 0 Å². The van der Waals surface area contributed by atoms with Crippen molar-refractivity contribution in [2.45, 2.75) is 43.9 Å². The van der Waals surface area contributed by atoms with Crippen molar-refractivity contribution < 1.29 is 19.1 Å². The highest BCUT2D eigenvalue weighted by Crippen LogP contribution is 2.45. The van der Waals surface area contributed by atoms with Crippen LogP contribution >= 0.6 is 11.8 Å². The number of fused-ring (bicyclic) bond motifs is 1. The Labute approximate surface area is 157 Å². The number of unbranched alkanes of at least 4 members (excludes halogenated alkanes) is 1. The van der Waals surface area contributed by atoms with Gasteiger partial charge in [-0.05, 0) is 37.0 Å². The summed E-state index contributed by atoms with van der Waals surface area (Å²) < 4.78 is 5.22. The lowest BCUT2D eigenvalue weighted by Crippen LogP contribution is -2.46. The number of nitrogens with zero attached hydrogens (tertiary/aromatic N) is 1. The summed E-state index contributed by atoms with van der Waals surface area (Å²) in [7, 11) is 0. The molecule has 6 nitrogen and oxygen atoms in total. The Morgan fingerprint density at radius 2 is 2.08 bits per heavy atom. The van der Waals surface area contributed by atoms with Crippen LogP contribution in [-0.2, 0) is 25.5 Å². The topological polar surface area (TPSA) is 75.7 Å². The highest BCUT2D eigenvalue weighted by Gasteiger charge is 2.56. The number of ether oxygens (including phenoxy) is 1. The number of carbonyl (C=O) groups is 3. The third-order valence-electron chi connectivity index (χ3n) is 4.78. The lowest BCUT2D eigenvalue weighted by Gasteiger charge is -2.28. The number of thioether (sulfide) groups is 1. The van der Waals surface area contributed by atoms with Gasteiger partial charge in [-0.1, -0.05) is 25.5 Å². The first kappa shape index (κ1) is 18.8. The maximum atomic E-state index is 12.5. The van der Waals surface area contributed by atoms with Gasteiger partial charge in [0, 0.05) is 24.4 Å². The molecule has 2 amide bonds. The molecule has 1 aromatic carbocycles. The van der Waals surface area contributed by atoms with Crippen molar-refractivity contribution >= 4 is 35.2 Å². The number of hydrogen-bond donors (Lipinski definition) is 1. The second-order valence-electron chi connectivity index (χ2n) is 6.60. The van der Waals surface area contributed by atoms with E-state index in [-0.39, 0.29) is 18.4 Å². The van der Waals surface area contributed by atoms with Crippen LogP contribution in [-0.4, -0.2) is 46.5 Å². The lowest BCUT2D eigenvalue weighted by atomic mass is 10.1. The van der Waals surface area contributed by atoms with E-state index < -0.39 is 10.8 Å². The number of hydrogen-bond acceptors (Lipinski definition) is 5. The molecule has 0 unspecified atom stereocenters. The Balaban J connectivity index is 1.49. The van der Waals surface area contributed by atoms with Gasteiger partial charge in [-0.3, -0.25) is 9.59 Å². The molecule has 0 saturated carbocycles. The van der Waals surface area contributed by atoms with Crippen LogP contribution in [0, 0.1) is 0 Å². The zero-order valence-electron chi connectivity index (χ0n) is 15.0. The van der Waals surface area contributed by atoms with E-state index in [1.165, 1.54) is 17.3 Å². The van der Waals surface area contributed by atoms with Gasteiger partial charge in [0.2, 0.25) is 5.91 Å². The molecule has 2 saturated heterocycles. The van der Waals surface area contributed by atoms with Crippen LogP contribution in [0.15, 0.2) is 24.3 Å². The van der Waals surface area contributed by atoms with Crippen molar-refractivity contribution in [1.82, 2.24) is 4.90 Å². The number of aryl methyl sites for hydroxylation is 1. The quantitative estimate of drug-likeness (QED) is 0.740. The van der Waals surface area contributed by atoms with Crippen LogP contribution in [0.4, 0.5) is 5.69 Å². The average Bonchev–Trinajstić information content (AvgIpc) is 3.21. The summed E-state index contributed by atoms with van der Waals surface area (Å²) in [5, 5.41) is 2.73. The average molecular weight is 376 g/mol. The van der Waals surface area contributed by atoms with Crippen molar-refractivity contribution in [3.8, 4) is 0 Å². The predicted octanol–water partition coefficient (Wildman–Crippen LogP) is 2.58. The SMILES string of the molecule is CCCCc1ccc(NC(=O)COC(=O)[C@@]23CCC(=O)N2CCS3)cc1. The number of rotatable bonds is 7. The molecule has 140 valence electrons. The summed E-state index contributed by atoms with van der Waals surface area (Å²) in [6.45, 7) is 2.37. The van der Waals surface area contributed by atoms with Gasteiger partial charge in [-0.25, -0.2) is 4.79 Å². The minimum atomic E-state index is -0.918. The molecule has 7 heteroatoms. The molecule has 2 aliphatic rings. The minimum Gasteiger partial charge on any atom is -0.453 e. The molecule has 2 aliphatic heterocycles. The number of anilines is 1. The minimum absolute atomic E-state index is 0.0143. The standard InChI is InChI=1S/C19H24N2O4S/c1-2-3-4-14-5-7-15(8-6-14)20-16(22)13-25-18(24)19-10-9-17(23)21(19)11-12-26-19/h5-8H,2-4,9-13H2,1H3,(H,20,22)/t19-/m0/s1. The fraction of sp³-hybridized carbons (Fsp3) is 0.526. The second kappa shape index (κ2) is 8.12. The first-order valence-corrected chi connectivity index (χ1v) is 10.0. The van der Waals surface area contributed by atoms with Crippen LogP contribution < -0.4 is 5.32 Å². The molecule has 1 atom stereocenters. The second-order valence-corrected chi connectivity index (χ2v) is 7.98. The summed E-state index contributed by atoms with van der Waals surface area (Å²) in [4.78, 5) is 37.1. The summed E-state index contributed by atoms with van der Waals surface area (Å²) in [5.41, 5.74) is 1.91. The molecule has 1 N–H and O–H groups in total. The maximum Gasteiger partial charge on any atom is 0.343 e. The fourth-order valence-corrected chi connectivity index (χ4v) is 4.74. The van der Waals surface area contributed by atoms with E-state index in [9.17, 15) is 14.4 Å². The van der Waals surface area contributed by atoms with Gasteiger partial charge in [0.15, 0.2) is 11.5 Å². The van der Waals surface area contributed by atoms with E-state index in [2.05, 4.69) is 12.2 Å². The van der Waals surface area contributed by atoms with Crippen LogP contribution in [0.5, 0.6) is 0 Å². The van der Waals surface area contributed by atoms with Crippen LogP contribution in [0.1, 0.15) is 38.2 Å².